The molecular formula is C26H28F3N3O7. The molecule has 0 heterocycles. The number of ketones is 2. The summed E-state index contributed by atoms with van der Waals surface area (Å²) < 4.78 is 43.2. The van der Waals surface area contributed by atoms with E-state index >= 15 is 0 Å². The summed E-state index contributed by atoms with van der Waals surface area (Å²) in [4.78, 5) is 40.2. The van der Waals surface area contributed by atoms with Crippen LogP contribution < -0.4 is 11.1 Å². The third kappa shape index (κ3) is 3.94. The maximum Gasteiger partial charge on any atom is 0.417 e. The molecule has 0 radical (unpaired) electrons. The lowest BCUT2D eigenvalue weighted by molar-refractivity contribution is -0.153. The quantitative estimate of drug-likeness (QED) is 0.294. The standard InChI is InChI=1S/C26H28F3N3O7/c1-32(2)19-13-6-9-5-12-16(14(33)7-10(8-31-11-3-4-11)18(12)26(27,28)29)20(34)15(9)22(36)25(13,39)23(37)17(21(19)35)24(30)38/h7,9,11,13,19,31,33-34,37,39H,3-6,8H2,1-2H3,(H2,30,38)/t9-,13-,19-,25-/m0/s1. The fraction of sp³-hybridized carbons (Fsp3) is 0.500. The van der Waals surface area contributed by atoms with Crippen LogP contribution in [0.1, 0.15) is 41.5 Å². The number of Topliss-reactive ketones (excluding diaryl/α,β-unsaturated/α-hetero) is 2. The molecule has 4 aliphatic rings. The summed E-state index contributed by atoms with van der Waals surface area (Å²) in [6.45, 7) is -0.171. The monoisotopic (exact) mass is 551 g/mol. The lowest BCUT2D eigenvalue weighted by Gasteiger charge is -2.50. The molecule has 0 aromatic heterocycles. The molecule has 210 valence electrons. The van der Waals surface area contributed by atoms with Gasteiger partial charge in [0.1, 0.15) is 22.8 Å². The smallest absolute Gasteiger partial charge is 0.417 e. The summed E-state index contributed by atoms with van der Waals surface area (Å²) in [5.41, 5.74) is -1.30. The van der Waals surface area contributed by atoms with Crippen molar-refractivity contribution in [3.8, 4) is 5.75 Å². The normalized spacial score (nSPS) is 28.9. The molecule has 1 amide bonds. The van der Waals surface area contributed by atoms with Crippen LogP contribution in [0.3, 0.4) is 0 Å². The summed E-state index contributed by atoms with van der Waals surface area (Å²) in [7, 11) is 2.87. The average molecular weight is 552 g/mol. The van der Waals surface area contributed by atoms with Gasteiger partial charge in [-0.1, -0.05) is 0 Å². The number of hydrogen-bond acceptors (Lipinski definition) is 9. The predicted octanol–water partition coefficient (Wildman–Crippen LogP) is 1.23. The van der Waals surface area contributed by atoms with E-state index in [1.807, 2.05) is 0 Å². The molecule has 0 aliphatic heterocycles. The van der Waals surface area contributed by atoms with Crippen molar-refractivity contribution >= 4 is 23.2 Å². The number of nitrogens with two attached hydrogens (primary N) is 1. The summed E-state index contributed by atoms with van der Waals surface area (Å²) in [5, 5.41) is 47.3. The van der Waals surface area contributed by atoms with Gasteiger partial charge in [-0.05, 0) is 62.9 Å². The molecule has 2 fully saturated rings. The molecule has 1 aromatic rings. The first-order valence-corrected chi connectivity index (χ1v) is 12.4. The summed E-state index contributed by atoms with van der Waals surface area (Å²) in [6, 6.07) is -0.356. The van der Waals surface area contributed by atoms with Crippen molar-refractivity contribution in [3.05, 3.63) is 45.2 Å². The highest BCUT2D eigenvalue weighted by Gasteiger charge is 2.64. The number of carbonyl (C=O) groups excluding carboxylic acids is 3. The number of halogens is 3. The third-order valence-corrected chi connectivity index (χ3v) is 8.25. The van der Waals surface area contributed by atoms with Crippen LogP contribution in [0.15, 0.2) is 23.0 Å². The highest BCUT2D eigenvalue weighted by molar-refractivity contribution is 6.24. The molecule has 0 saturated heterocycles. The van der Waals surface area contributed by atoms with Gasteiger partial charge >= 0.3 is 6.18 Å². The minimum atomic E-state index is -4.86. The number of aromatic hydroxyl groups is 1. The second-order valence-corrected chi connectivity index (χ2v) is 10.9. The molecule has 0 spiro atoms. The molecule has 0 unspecified atom stereocenters. The number of phenolic OH excluding ortho intramolecular Hbond substituents is 1. The predicted molar refractivity (Wildman–Crippen MR) is 129 cm³/mol. The average Bonchev–Trinajstić information content (AvgIpc) is 3.63. The number of carbonyl (C=O) groups is 3. The number of hydrogen-bond donors (Lipinski definition) is 6. The Kier molecular flexibility index (Phi) is 6.13. The zero-order valence-corrected chi connectivity index (χ0v) is 21.1. The lowest BCUT2D eigenvalue weighted by Crippen LogP contribution is -2.65. The summed E-state index contributed by atoms with van der Waals surface area (Å²) in [6.07, 6.45) is -3.95. The van der Waals surface area contributed by atoms with Crippen LogP contribution in [0.5, 0.6) is 5.75 Å². The Morgan fingerprint density at radius 3 is 2.38 bits per heavy atom. The Labute approximate surface area is 220 Å². The van der Waals surface area contributed by atoms with Crippen LogP contribution in [0.4, 0.5) is 13.2 Å². The largest absolute Gasteiger partial charge is 0.508 e. The number of benzene rings is 1. The second-order valence-electron chi connectivity index (χ2n) is 10.9. The van der Waals surface area contributed by atoms with Gasteiger partial charge < -0.3 is 31.5 Å². The Balaban J connectivity index is 1.72. The number of aliphatic hydroxyl groups is 3. The number of alkyl halides is 3. The van der Waals surface area contributed by atoms with Crippen LogP contribution in [-0.4, -0.2) is 74.6 Å². The van der Waals surface area contributed by atoms with Crippen molar-refractivity contribution in [3.63, 3.8) is 0 Å². The Morgan fingerprint density at radius 1 is 1.21 bits per heavy atom. The number of fused-ring (bicyclic) bond motifs is 3. The van der Waals surface area contributed by atoms with Gasteiger partial charge in [0, 0.05) is 24.1 Å². The molecule has 7 N–H and O–H groups in total. The van der Waals surface area contributed by atoms with Gasteiger partial charge in [-0.25, -0.2) is 0 Å². The second kappa shape index (κ2) is 8.80. The number of aliphatic hydroxyl groups excluding tert-OH is 2. The van der Waals surface area contributed by atoms with E-state index in [4.69, 9.17) is 5.73 Å². The zero-order chi connectivity index (χ0) is 28.8. The van der Waals surface area contributed by atoms with Crippen molar-refractivity contribution in [1.29, 1.82) is 0 Å². The molecule has 39 heavy (non-hydrogen) atoms. The first-order chi connectivity index (χ1) is 18.1. The molecule has 13 heteroatoms. The van der Waals surface area contributed by atoms with Gasteiger partial charge in [-0.15, -0.1) is 0 Å². The van der Waals surface area contributed by atoms with E-state index in [0.29, 0.717) is 0 Å². The van der Waals surface area contributed by atoms with E-state index < -0.39 is 98.7 Å². The van der Waals surface area contributed by atoms with Gasteiger partial charge in [-0.2, -0.15) is 13.2 Å². The Bertz CT molecular complexity index is 1380. The minimum Gasteiger partial charge on any atom is -0.508 e. The Morgan fingerprint density at radius 2 is 1.85 bits per heavy atom. The molecular weight excluding hydrogens is 523 g/mol. The highest BCUT2D eigenvalue weighted by atomic mass is 19.4. The van der Waals surface area contributed by atoms with E-state index in [9.17, 15) is 48.0 Å². The molecule has 1 aromatic carbocycles. The number of nitrogens with one attached hydrogen (secondary N) is 1. The first-order valence-electron chi connectivity index (χ1n) is 12.4. The van der Waals surface area contributed by atoms with E-state index in [2.05, 4.69) is 5.32 Å². The van der Waals surface area contributed by atoms with E-state index in [1.54, 1.807) is 0 Å². The Hall–Kier alpha value is -3.42. The lowest BCUT2D eigenvalue weighted by atomic mass is 9.57. The van der Waals surface area contributed by atoms with Crippen LogP contribution in [0.2, 0.25) is 0 Å². The van der Waals surface area contributed by atoms with Crippen molar-refractivity contribution in [1.82, 2.24) is 10.2 Å². The summed E-state index contributed by atoms with van der Waals surface area (Å²) >= 11 is 0. The number of rotatable bonds is 5. The van der Waals surface area contributed by atoms with E-state index in [-0.39, 0.29) is 24.6 Å². The van der Waals surface area contributed by atoms with E-state index in [1.165, 1.54) is 19.0 Å². The summed E-state index contributed by atoms with van der Waals surface area (Å²) in [5.74, 6) is -8.98. The van der Waals surface area contributed by atoms with Gasteiger partial charge in [0.2, 0.25) is 5.78 Å². The van der Waals surface area contributed by atoms with Gasteiger partial charge in [-0.3, -0.25) is 19.3 Å². The van der Waals surface area contributed by atoms with Crippen molar-refractivity contribution in [2.24, 2.45) is 17.6 Å². The fourth-order valence-electron chi connectivity index (χ4n) is 6.42. The molecule has 4 aliphatic carbocycles. The van der Waals surface area contributed by atoms with Crippen molar-refractivity contribution in [2.45, 2.75) is 56.1 Å². The number of primary amides is 1. The number of phenols is 1. The third-order valence-electron chi connectivity index (χ3n) is 8.25. The molecule has 4 atom stereocenters. The van der Waals surface area contributed by atoms with E-state index in [0.717, 1.165) is 18.9 Å². The molecule has 10 nitrogen and oxygen atoms in total. The van der Waals surface area contributed by atoms with Crippen LogP contribution >= 0.6 is 0 Å². The van der Waals surface area contributed by atoms with Gasteiger partial charge in [0.25, 0.3) is 5.91 Å². The molecule has 5 rings (SSSR count). The SMILES string of the molecule is CN(C)[C@@H]1C(=O)C(C(N)=O)=C(O)[C@@]2(O)C(=O)C3=C(O)c4c(O)cc(CNC5CC5)c(C(F)(F)F)c4C[C@H]3C[C@@H]12. The van der Waals surface area contributed by atoms with Crippen LogP contribution in [0.25, 0.3) is 5.76 Å². The van der Waals surface area contributed by atoms with Crippen LogP contribution in [0, 0.1) is 11.8 Å². The number of likely N-dealkylation sites (N-methyl/N-ethyl adjacent to an activating group) is 1. The first kappa shape index (κ1) is 27.2. The highest BCUT2D eigenvalue weighted by Crippen LogP contribution is 2.54. The van der Waals surface area contributed by atoms with Gasteiger partial charge in [0.15, 0.2) is 11.4 Å². The number of amides is 1. The van der Waals surface area contributed by atoms with Crippen LogP contribution in [-0.2, 0) is 33.5 Å². The zero-order valence-electron chi connectivity index (χ0n) is 21.1. The topological polar surface area (TPSA) is 173 Å². The molecule has 2 saturated carbocycles. The molecule has 0 bridgehead atoms. The maximum atomic E-state index is 14.4. The minimum absolute atomic E-state index is 0.0793. The number of nitrogens with zero attached hydrogens (tertiary/aromatic N) is 1. The maximum absolute atomic E-state index is 14.4. The van der Waals surface area contributed by atoms with Gasteiger partial charge in [0.05, 0.1) is 17.2 Å². The fourth-order valence-corrected chi connectivity index (χ4v) is 6.42. The van der Waals surface area contributed by atoms with Crippen molar-refractivity contribution < 1.29 is 48.0 Å². The van der Waals surface area contributed by atoms with Crippen molar-refractivity contribution in [2.75, 3.05) is 14.1 Å².